The number of amides is 1. The van der Waals surface area contributed by atoms with Crippen molar-refractivity contribution in [2.75, 3.05) is 26.4 Å². The van der Waals surface area contributed by atoms with Crippen LogP contribution in [0.15, 0.2) is 72.9 Å². The minimum atomic E-state index is -1.99. The number of ether oxygens (including phenoxy) is 6. The van der Waals surface area contributed by atoms with Gasteiger partial charge >= 0.3 is 0 Å². The molecule has 1 amide bonds. The second-order valence-corrected chi connectivity index (χ2v) is 16.1. The molecule has 19 heteroatoms. The maximum absolute atomic E-state index is 13.0. The molecule has 3 aliphatic rings. The average Bonchev–Trinajstić information content (AvgIpc) is 3.30. The van der Waals surface area contributed by atoms with Crippen LogP contribution in [-0.2, 0) is 33.2 Å². The molecule has 17 unspecified atom stereocenters. The Hall–Kier alpha value is -2.77. The Balaban J connectivity index is 1.58. The van der Waals surface area contributed by atoms with E-state index in [0.717, 1.165) is 44.9 Å². The number of carbonyl (C=O) groups is 1. The quantitative estimate of drug-likeness (QED) is 0.0350. The molecular weight excluding hydrogens is 854 g/mol. The number of nitrogens with one attached hydrogen (secondary N) is 1. The van der Waals surface area contributed by atoms with E-state index in [1.165, 1.54) is 6.08 Å². The third-order valence-electron chi connectivity index (χ3n) is 11.0. The number of allylic oxidation sites excluding steroid dienone is 10. The average molecular weight is 930 g/mol. The lowest BCUT2D eigenvalue weighted by Crippen LogP contribution is -2.66. The topological polar surface area (TPSA) is 307 Å². The summed E-state index contributed by atoms with van der Waals surface area (Å²) in [5, 5.41) is 119. The van der Waals surface area contributed by atoms with Crippen LogP contribution in [0.2, 0.25) is 0 Å². The molecule has 0 spiro atoms. The van der Waals surface area contributed by atoms with Crippen molar-refractivity contribution in [3.05, 3.63) is 72.9 Å². The Morgan fingerprint density at radius 1 is 0.569 bits per heavy atom. The standard InChI is InChI=1S/C46H75NO18/c1-3-5-7-9-10-11-12-13-14-15-16-17-18-20-22-24-34(52)47-29(30(51)23-21-19-8-6-4-2)28-60-44-40(58)37(55)42(32(26-49)62-44)65-46-41(59)38(56)43(33(27-50)63-46)64-45-39(57)36(54)35(53)31(25-48)61-45/h5,7,10-11,13-14,16-17,20-23,29-33,35-46,48-51,53-59H,3-4,6,8-9,12,15,18-19,24-28H2,1-2H3,(H,47,52)/b7-5-,11-10-,14-13-,17-16-,22-20-,23-21+. The van der Waals surface area contributed by atoms with E-state index in [2.05, 4.69) is 55.6 Å². The van der Waals surface area contributed by atoms with Gasteiger partial charge in [-0.1, -0.05) is 99.6 Å². The predicted molar refractivity (Wildman–Crippen MR) is 235 cm³/mol. The van der Waals surface area contributed by atoms with Gasteiger partial charge in [0.25, 0.3) is 0 Å². The van der Waals surface area contributed by atoms with Gasteiger partial charge in [0.2, 0.25) is 5.91 Å². The molecule has 3 rings (SSSR count). The van der Waals surface area contributed by atoms with E-state index in [1.807, 2.05) is 18.2 Å². The lowest BCUT2D eigenvalue weighted by Gasteiger charge is -2.48. The summed E-state index contributed by atoms with van der Waals surface area (Å²) in [5.41, 5.74) is 0. The zero-order valence-corrected chi connectivity index (χ0v) is 37.4. The van der Waals surface area contributed by atoms with Crippen molar-refractivity contribution in [2.45, 2.75) is 182 Å². The molecule has 0 bridgehead atoms. The van der Waals surface area contributed by atoms with Gasteiger partial charge in [-0.2, -0.15) is 0 Å². The van der Waals surface area contributed by atoms with Crippen LogP contribution in [0.25, 0.3) is 0 Å². The van der Waals surface area contributed by atoms with Crippen molar-refractivity contribution in [3.8, 4) is 0 Å². The second kappa shape index (κ2) is 31.3. The number of aliphatic hydroxyl groups is 11. The summed E-state index contributed by atoms with van der Waals surface area (Å²) in [6, 6.07) is -1.03. The zero-order chi connectivity index (χ0) is 47.7. The molecular formula is C46H75NO18. The lowest BCUT2D eigenvalue weighted by atomic mass is 9.96. The number of unbranched alkanes of at least 4 members (excludes halogenated alkanes) is 3. The number of carbonyl (C=O) groups excluding carboxylic acids is 1. The van der Waals surface area contributed by atoms with Gasteiger partial charge in [-0.05, 0) is 44.9 Å². The van der Waals surface area contributed by atoms with Gasteiger partial charge < -0.3 is 89.9 Å². The predicted octanol–water partition coefficient (Wildman–Crippen LogP) is -0.425. The Labute approximate surface area is 381 Å². The van der Waals surface area contributed by atoms with Gasteiger partial charge in [0, 0.05) is 6.42 Å². The number of hydrogen-bond donors (Lipinski definition) is 12. The normalized spacial score (nSPS) is 34.8. The van der Waals surface area contributed by atoms with Gasteiger partial charge in [-0.15, -0.1) is 0 Å². The summed E-state index contributed by atoms with van der Waals surface area (Å²) in [6.07, 6.45) is 4.50. The molecule has 3 saturated heterocycles. The summed E-state index contributed by atoms with van der Waals surface area (Å²) in [4.78, 5) is 13.0. The molecule has 3 aliphatic heterocycles. The molecule has 0 aromatic heterocycles. The molecule has 372 valence electrons. The molecule has 12 N–H and O–H groups in total. The highest BCUT2D eigenvalue weighted by molar-refractivity contribution is 5.77. The molecule has 0 saturated carbocycles. The summed E-state index contributed by atoms with van der Waals surface area (Å²) < 4.78 is 33.8. The summed E-state index contributed by atoms with van der Waals surface area (Å²) in [6.45, 7) is 1.32. The highest BCUT2D eigenvalue weighted by Crippen LogP contribution is 2.32. The van der Waals surface area contributed by atoms with Gasteiger partial charge in [-0.3, -0.25) is 4.79 Å². The van der Waals surface area contributed by atoms with Crippen LogP contribution in [0, 0.1) is 0 Å². The van der Waals surface area contributed by atoms with Crippen LogP contribution < -0.4 is 5.32 Å². The van der Waals surface area contributed by atoms with E-state index in [0.29, 0.717) is 12.8 Å². The first kappa shape index (κ1) is 56.6. The monoisotopic (exact) mass is 929 g/mol. The SMILES string of the molecule is CC/C=C\C/C=C\C/C=C\C/C=C\C/C=C\CC(=O)NC(COC1OC(CO)C(OC2OC(CO)C(OC3OC(CO)C(O)C(O)C3O)C(O)C2O)C(O)C1O)C(O)/C=C/CCCCC. The van der Waals surface area contributed by atoms with Crippen molar-refractivity contribution in [3.63, 3.8) is 0 Å². The van der Waals surface area contributed by atoms with Crippen molar-refractivity contribution >= 4 is 5.91 Å². The number of hydrogen-bond acceptors (Lipinski definition) is 18. The zero-order valence-electron chi connectivity index (χ0n) is 37.4. The fourth-order valence-electron chi connectivity index (χ4n) is 7.19. The van der Waals surface area contributed by atoms with E-state index in [4.69, 9.17) is 28.4 Å². The first-order valence-electron chi connectivity index (χ1n) is 22.7. The van der Waals surface area contributed by atoms with Crippen LogP contribution in [0.5, 0.6) is 0 Å². The lowest BCUT2D eigenvalue weighted by molar-refractivity contribution is -0.379. The van der Waals surface area contributed by atoms with Crippen molar-refractivity contribution in [1.29, 1.82) is 0 Å². The van der Waals surface area contributed by atoms with Crippen LogP contribution >= 0.6 is 0 Å². The second-order valence-electron chi connectivity index (χ2n) is 16.1. The smallest absolute Gasteiger partial charge is 0.224 e. The molecule has 65 heavy (non-hydrogen) atoms. The summed E-state index contributed by atoms with van der Waals surface area (Å²) in [7, 11) is 0. The number of aliphatic hydroxyl groups excluding tert-OH is 11. The Kier molecular flexibility index (Phi) is 27.2. The van der Waals surface area contributed by atoms with E-state index in [9.17, 15) is 61.0 Å². The summed E-state index contributed by atoms with van der Waals surface area (Å²) in [5.74, 6) is -0.416. The van der Waals surface area contributed by atoms with Gasteiger partial charge in [0.15, 0.2) is 18.9 Å². The minimum Gasteiger partial charge on any atom is -0.394 e. The van der Waals surface area contributed by atoms with Crippen molar-refractivity contribution < 1.29 is 89.4 Å². The highest BCUT2D eigenvalue weighted by atomic mass is 16.8. The van der Waals surface area contributed by atoms with Crippen LogP contribution in [0.3, 0.4) is 0 Å². The van der Waals surface area contributed by atoms with Crippen molar-refractivity contribution in [2.24, 2.45) is 0 Å². The Bertz CT molecular complexity index is 1490. The van der Waals surface area contributed by atoms with Crippen LogP contribution in [0.1, 0.15) is 78.1 Å². The molecule has 3 heterocycles. The molecule has 3 fully saturated rings. The fourth-order valence-corrected chi connectivity index (χ4v) is 7.19. The Morgan fingerprint density at radius 3 is 1.54 bits per heavy atom. The van der Waals surface area contributed by atoms with Crippen molar-refractivity contribution in [1.82, 2.24) is 5.32 Å². The van der Waals surface area contributed by atoms with Gasteiger partial charge in [0.1, 0.15) is 73.2 Å². The first-order chi connectivity index (χ1) is 31.3. The van der Waals surface area contributed by atoms with E-state index in [-0.39, 0.29) is 6.42 Å². The third kappa shape index (κ3) is 18.3. The largest absolute Gasteiger partial charge is 0.394 e. The molecule has 0 aliphatic carbocycles. The van der Waals surface area contributed by atoms with Crippen LogP contribution in [0.4, 0.5) is 0 Å². The van der Waals surface area contributed by atoms with E-state index < -0.39 is 137 Å². The van der Waals surface area contributed by atoms with Gasteiger partial charge in [-0.25, -0.2) is 0 Å². The maximum Gasteiger partial charge on any atom is 0.224 e. The van der Waals surface area contributed by atoms with E-state index >= 15 is 0 Å². The highest BCUT2D eigenvalue weighted by Gasteiger charge is 2.53. The summed E-state index contributed by atoms with van der Waals surface area (Å²) >= 11 is 0. The fraction of sp³-hybridized carbons (Fsp3) is 0.717. The number of rotatable bonds is 28. The minimum absolute atomic E-state index is 0.00533. The van der Waals surface area contributed by atoms with Gasteiger partial charge in [0.05, 0.1) is 38.6 Å². The molecule has 19 nitrogen and oxygen atoms in total. The third-order valence-corrected chi connectivity index (χ3v) is 11.0. The maximum atomic E-state index is 13.0. The van der Waals surface area contributed by atoms with E-state index in [1.54, 1.807) is 12.2 Å². The van der Waals surface area contributed by atoms with Crippen LogP contribution in [-0.4, -0.2) is 193 Å². The molecule has 0 aromatic carbocycles. The first-order valence-corrected chi connectivity index (χ1v) is 22.7. The molecule has 0 aromatic rings. The molecule has 0 radical (unpaired) electrons. The molecule has 17 atom stereocenters. The Morgan fingerprint density at radius 2 is 1.03 bits per heavy atom.